The lowest BCUT2D eigenvalue weighted by Crippen LogP contribution is -2.30. The van der Waals surface area contributed by atoms with Gasteiger partial charge in [0, 0.05) is 0 Å². The van der Waals surface area contributed by atoms with Crippen LogP contribution in [0.4, 0.5) is 0 Å². The van der Waals surface area contributed by atoms with Crippen LogP contribution in [0.3, 0.4) is 0 Å². The Morgan fingerprint density at radius 1 is 1.36 bits per heavy atom. The molecule has 0 radical (unpaired) electrons. The molecule has 1 aliphatic rings. The van der Waals surface area contributed by atoms with Crippen molar-refractivity contribution in [1.29, 1.82) is 0 Å². The molecule has 0 aromatic carbocycles. The van der Waals surface area contributed by atoms with Crippen molar-refractivity contribution in [1.82, 2.24) is 4.90 Å². The first-order chi connectivity index (χ1) is 6.77. The van der Waals surface area contributed by atoms with Gasteiger partial charge in [0.2, 0.25) is 0 Å². The summed E-state index contributed by atoms with van der Waals surface area (Å²) in [6.07, 6.45) is 10.9. The standard InChI is InChI=1S/C13H21N/c1-4-6-7-12(5-2)13-8-10-14(3)11-9-13/h4-7,13H,2,8-11H2,1,3H3/b6-4-,12-7+. The number of hydrogen-bond donors (Lipinski definition) is 0. The molecule has 78 valence electrons. The molecule has 0 amide bonds. The lowest BCUT2D eigenvalue weighted by atomic mass is 9.89. The van der Waals surface area contributed by atoms with Crippen LogP contribution in [0.25, 0.3) is 0 Å². The van der Waals surface area contributed by atoms with Gasteiger partial charge in [-0.1, -0.05) is 30.9 Å². The lowest BCUT2D eigenvalue weighted by molar-refractivity contribution is 0.240. The number of piperidine rings is 1. The van der Waals surface area contributed by atoms with Crippen molar-refractivity contribution >= 4 is 0 Å². The predicted molar refractivity (Wildman–Crippen MR) is 63.3 cm³/mol. The maximum Gasteiger partial charge on any atom is -0.00159 e. The van der Waals surface area contributed by atoms with Gasteiger partial charge < -0.3 is 4.90 Å². The summed E-state index contributed by atoms with van der Waals surface area (Å²) in [5.41, 5.74) is 1.40. The van der Waals surface area contributed by atoms with Crippen molar-refractivity contribution in [2.24, 2.45) is 5.92 Å². The summed E-state index contributed by atoms with van der Waals surface area (Å²) in [6.45, 7) is 8.37. The van der Waals surface area contributed by atoms with Crippen LogP contribution in [0.5, 0.6) is 0 Å². The van der Waals surface area contributed by atoms with Crippen LogP contribution in [0.1, 0.15) is 19.8 Å². The number of allylic oxidation sites excluding steroid dienone is 5. The van der Waals surface area contributed by atoms with E-state index >= 15 is 0 Å². The van der Waals surface area contributed by atoms with Crippen LogP contribution in [-0.2, 0) is 0 Å². The normalized spacial score (nSPS) is 21.7. The Labute approximate surface area is 87.8 Å². The van der Waals surface area contributed by atoms with E-state index in [9.17, 15) is 0 Å². The average Bonchev–Trinajstić information content (AvgIpc) is 2.21. The molecular formula is C13H21N. The Hall–Kier alpha value is -0.820. The SMILES string of the molecule is C=C/C(=C\C=C/C)C1CCN(C)CC1. The first-order valence-electron chi connectivity index (χ1n) is 5.41. The van der Waals surface area contributed by atoms with Gasteiger partial charge in [0.25, 0.3) is 0 Å². The van der Waals surface area contributed by atoms with Crippen LogP contribution < -0.4 is 0 Å². The van der Waals surface area contributed by atoms with Crippen molar-refractivity contribution in [3.8, 4) is 0 Å². The molecule has 0 aromatic heterocycles. The third-order valence-electron chi connectivity index (χ3n) is 2.91. The van der Waals surface area contributed by atoms with E-state index in [1.165, 1.54) is 31.5 Å². The van der Waals surface area contributed by atoms with Crippen LogP contribution in [0.15, 0.2) is 36.5 Å². The highest BCUT2D eigenvalue weighted by atomic mass is 15.1. The molecule has 0 unspecified atom stereocenters. The van der Waals surface area contributed by atoms with Gasteiger partial charge in [0.05, 0.1) is 0 Å². The topological polar surface area (TPSA) is 3.24 Å². The maximum absolute atomic E-state index is 3.89. The van der Waals surface area contributed by atoms with Crippen molar-refractivity contribution in [2.45, 2.75) is 19.8 Å². The van der Waals surface area contributed by atoms with Crippen molar-refractivity contribution < 1.29 is 0 Å². The minimum Gasteiger partial charge on any atom is -0.306 e. The monoisotopic (exact) mass is 191 g/mol. The molecule has 1 saturated heterocycles. The van der Waals surface area contributed by atoms with E-state index in [1.54, 1.807) is 0 Å². The fourth-order valence-electron chi connectivity index (χ4n) is 1.92. The first kappa shape index (κ1) is 11.3. The van der Waals surface area contributed by atoms with Crippen molar-refractivity contribution in [3.63, 3.8) is 0 Å². The summed E-state index contributed by atoms with van der Waals surface area (Å²) in [5, 5.41) is 0. The second-order valence-corrected chi connectivity index (χ2v) is 3.97. The maximum atomic E-state index is 3.89. The molecule has 1 heteroatoms. The first-order valence-corrected chi connectivity index (χ1v) is 5.41. The molecule has 1 heterocycles. The second-order valence-electron chi connectivity index (χ2n) is 3.97. The van der Waals surface area contributed by atoms with Gasteiger partial charge in [-0.3, -0.25) is 0 Å². The number of nitrogens with zero attached hydrogens (tertiary/aromatic N) is 1. The van der Waals surface area contributed by atoms with Gasteiger partial charge >= 0.3 is 0 Å². The number of likely N-dealkylation sites (tertiary alicyclic amines) is 1. The van der Waals surface area contributed by atoms with Crippen LogP contribution >= 0.6 is 0 Å². The van der Waals surface area contributed by atoms with E-state index in [1.807, 2.05) is 13.0 Å². The molecule has 0 spiro atoms. The quantitative estimate of drug-likeness (QED) is 0.620. The molecule has 0 bridgehead atoms. The zero-order valence-corrected chi connectivity index (χ0v) is 9.37. The summed E-state index contributed by atoms with van der Waals surface area (Å²) in [6, 6.07) is 0. The Morgan fingerprint density at radius 3 is 2.50 bits per heavy atom. The molecule has 0 aliphatic carbocycles. The molecule has 14 heavy (non-hydrogen) atoms. The Kier molecular flexibility index (Phi) is 4.68. The molecule has 0 saturated carbocycles. The summed E-state index contributed by atoms with van der Waals surface area (Å²) < 4.78 is 0. The highest BCUT2D eigenvalue weighted by Gasteiger charge is 2.17. The van der Waals surface area contributed by atoms with Crippen molar-refractivity contribution in [3.05, 3.63) is 36.5 Å². The molecule has 1 aliphatic heterocycles. The van der Waals surface area contributed by atoms with Gasteiger partial charge in [0.1, 0.15) is 0 Å². The van der Waals surface area contributed by atoms with Gasteiger partial charge in [-0.05, 0) is 51.4 Å². The average molecular weight is 191 g/mol. The van der Waals surface area contributed by atoms with E-state index < -0.39 is 0 Å². The van der Waals surface area contributed by atoms with Crippen LogP contribution in [0, 0.1) is 5.92 Å². The van der Waals surface area contributed by atoms with E-state index in [0.29, 0.717) is 0 Å². The Bertz CT molecular complexity index is 230. The summed E-state index contributed by atoms with van der Waals surface area (Å²) >= 11 is 0. The molecule has 1 nitrogen and oxygen atoms in total. The smallest absolute Gasteiger partial charge is 0.00159 e. The van der Waals surface area contributed by atoms with E-state index in [-0.39, 0.29) is 0 Å². The Balaban J connectivity index is 2.57. The van der Waals surface area contributed by atoms with E-state index in [4.69, 9.17) is 0 Å². The van der Waals surface area contributed by atoms with E-state index in [2.05, 4.69) is 36.8 Å². The van der Waals surface area contributed by atoms with Crippen LogP contribution in [0.2, 0.25) is 0 Å². The van der Waals surface area contributed by atoms with Gasteiger partial charge in [-0.25, -0.2) is 0 Å². The largest absolute Gasteiger partial charge is 0.306 e. The fourth-order valence-corrected chi connectivity index (χ4v) is 1.92. The highest BCUT2D eigenvalue weighted by molar-refractivity contribution is 5.25. The summed E-state index contributed by atoms with van der Waals surface area (Å²) in [7, 11) is 2.19. The van der Waals surface area contributed by atoms with Crippen LogP contribution in [-0.4, -0.2) is 25.0 Å². The molecule has 0 atom stereocenters. The Morgan fingerprint density at radius 2 is 2.00 bits per heavy atom. The van der Waals surface area contributed by atoms with E-state index in [0.717, 1.165) is 5.92 Å². The highest BCUT2D eigenvalue weighted by Crippen LogP contribution is 2.24. The molecular weight excluding hydrogens is 170 g/mol. The molecule has 0 N–H and O–H groups in total. The number of rotatable bonds is 3. The lowest BCUT2D eigenvalue weighted by Gasteiger charge is -2.29. The third-order valence-corrected chi connectivity index (χ3v) is 2.91. The summed E-state index contributed by atoms with van der Waals surface area (Å²) in [5.74, 6) is 0.722. The minimum absolute atomic E-state index is 0.722. The van der Waals surface area contributed by atoms with Gasteiger partial charge in [-0.2, -0.15) is 0 Å². The minimum atomic E-state index is 0.722. The zero-order chi connectivity index (χ0) is 10.4. The summed E-state index contributed by atoms with van der Waals surface area (Å²) in [4.78, 5) is 2.40. The number of hydrogen-bond acceptors (Lipinski definition) is 1. The predicted octanol–water partition coefficient (Wildman–Crippen LogP) is 3.02. The van der Waals surface area contributed by atoms with Gasteiger partial charge in [-0.15, -0.1) is 0 Å². The molecule has 1 fully saturated rings. The zero-order valence-electron chi connectivity index (χ0n) is 9.37. The third kappa shape index (κ3) is 3.15. The second kappa shape index (κ2) is 5.82. The molecule has 0 aromatic rings. The van der Waals surface area contributed by atoms with Crippen molar-refractivity contribution in [2.75, 3.05) is 20.1 Å². The fraction of sp³-hybridized carbons (Fsp3) is 0.538. The van der Waals surface area contributed by atoms with Gasteiger partial charge in [0.15, 0.2) is 0 Å². The molecule has 1 rings (SSSR count).